The van der Waals surface area contributed by atoms with Crippen molar-refractivity contribution in [1.29, 1.82) is 0 Å². The van der Waals surface area contributed by atoms with Crippen molar-refractivity contribution in [2.24, 2.45) is 0 Å². The Hall–Kier alpha value is -0.980. The molecule has 2 rings (SSSR count). The Morgan fingerprint density at radius 1 is 1.65 bits per heavy atom. The largest absolute Gasteiger partial charge is 0.378 e. The number of carbonyl (C=O) groups excluding carboxylic acids is 1. The van der Waals surface area contributed by atoms with Crippen LogP contribution in [-0.4, -0.2) is 36.7 Å². The fourth-order valence-corrected chi connectivity index (χ4v) is 1.78. The highest BCUT2D eigenvalue weighted by Gasteiger charge is 2.21. The maximum atomic E-state index is 11.9. The monoisotopic (exact) mass is 299 g/mol. The number of nitrogens with zero attached hydrogens (tertiary/aromatic N) is 1. The Bertz CT molecular complexity index is 419. The molecule has 1 aliphatic heterocycles. The average Bonchev–Trinajstić information content (AvgIpc) is 2.35. The van der Waals surface area contributed by atoms with Crippen molar-refractivity contribution in [2.45, 2.75) is 13.0 Å². The number of aromatic nitrogens is 1. The van der Waals surface area contributed by atoms with Gasteiger partial charge < -0.3 is 15.4 Å². The third-order valence-electron chi connectivity index (χ3n) is 2.51. The molecule has 1 unspecified atom stereocenters. The molecule has 6 heteroatoms. The number of rotatable bonds is 2. The normalized spacial score (nSPS) is 20.0. The highest BCUT2D eigenvalue weighted by atomic mass is 79.9. The van der Waals surface area contributed by atoms with Gasteiger partial charge in [0.2, 0.25) is 5.91 Å². The van der Waals surface area contributed by atoms with Gasteiger partial charge in [-0.1, -0.05) is 0 Å². The van der Waals surface area contributed by atoms with Crippen LogP contribution in [0.2, 0.25) is 0 Å². The minimum absolute atomic E-state index is 0.112. The summed E-state index contributed by atoms with van der Waals surface area (Å²) in [6.07, 6.45) is 0. The van der Waals surface area contributed by atoms with E-state index in [1.54, 1.807) is 6.07 Å². The van der Waals surface area contributed by atoms with Gasteiger partial charge in [0.25, 0.3) is 0 Å². The third kappa shape index (κ3) is 3.24. The second kappa shape index (κ2) is 5.57. The van der Waals surface area contributed by atoms with E-state index in [1.807, 2.05) is 13.0 Å². The molecule has 17 heavy (non-hydrogen) atoms. The van der Waals surface area contributed by atoms with E-state index in [2.05, 4.69) is 31.5 Å². The van der Waals surface area contributed by atoms with Gasteiger partial charge in [0.05, 0.1) is 18.9 Å². The maximum absolute atomic E-state index is 11.9. The predicted octanol–water partition coefficient (Wildman–Crippen LogP) is 1.08. The molecule has 0 radical (unpaired) electrons. The van der Waals surface area contributed by atoms with Gasteiger partial charge in [-0.15, -0.1) is 0 Å². The Kier molecular flexibility index (Phi) is 4.09. The number of carbonyl (C=O) groups is 1. The number of anilines is 1. The van der Waals surface area contributed by atoms with Crippen LogP contribution in [0.15, 0.2) is 16.6 Å². The lowest BCUT2D eigenvalue weighted by Crippen LogP contribution is -2.48. The van der Waals surface area contributed by atoms with Crippen LogP contribution in [0.5, 0.6) is 0 Å². The first-order chi connectivity index (χ1) is 8.16. The van der Waals surface area contributed by atoms with E-state index in [-0.39, 0.29) is 11.9 Å². The Labute approximate surface area is 108 Å². The average molecular weight is 300 g/mol. The SMILES string of the molecule is Cc1nc(NC(=O)C2COCCN2)ccc1Br. The van der Waals surface area contributed by atoms with Gasteiger partial charge in [0.1, 0.15) is 11.9 Å². The second-order valence-electron chi connectivity index (χ2n) is 3.83. The Morgan fingerprint density at radius 3 is 3.12 bits per heavy atom. The van der Waals surface area contributed by atoms with Crippen molar-refractivity contribution in [1.82, 2.24) is 10.3 Å². The molecule has 1 saturated heterocycles. The lowest BCUT2D eigenvalue weighted by molar-refractivity contribution is -0.120. The van der Waals surface area contributed by atoms with Crippen LogP contribution < -0.4 is 10.6 Å². The number of hydrogen-bond acceptors (Lipinski definition) is 4. The number of halogens is 1. The number of aryl methyl sites for hydroxylation is 1. The molecule has 2 N–H and O–H groups in total. The number of ether oxygens (including phenoxy) is 1. The number of pyridine rings is 1. The van der Waals surface area contributed by atoms with E-state index in [9.17, 15) is 4.79 Å². The quantitative estimate of drug-likeness (QED) is 0.858. The molecule has 2 heterocycles. The van der Waals surface area contributed by atoms with Gasteiger partial charge in [-0.3, -0.25) is 4.79 Å². The summed E-state index contributed by atoms with van der Waals surface area (Å²) < 4.78 is 6.16. The first kappa shape index (κ1) is 12.5. The van der Waals surface area contributed by atoms with Gasteiger partial charge in [-0.05, 0) is 35.0 Å². The first-order valence-electron chi connectivity index (χ1n) is 5.42. The summed E-state index contributed by atoms with van der Waals surface area (Å²) in [5, 5.41) is 5.86. The summed E-state index contributed by atoms with van der Waals surface area (Å²) in [5.41, 5.74) is 0.843. The zero-order valence-corrected chi connectivity index (χ0v) is 11.1. The van der Waals surface area contributed by atoms with E-state index >= 15 is 0 Å². The highest BCUT2D eigenvalue weighted by Crippen LogP contribution is 2.16. The molecule has 1 aromatic rings. The van der Waals surface area contributed by atoms with Gasteiger partial charge in [0.15, 0.2) is 0 Å². The molecule has 0 bridgehead atoms. The van der Waals surface area contributed by atoms with Gasteiger partial charge in [-0.25, -0.2) is 4.98 Å². The van der Waals surface area contributed by atoms with Crippen molar-refractivity contribution in [3.63, 3.8) is 0 Å². The van der Waals surface area contributed by atoms with Gasteiger partial charge in [0, 0.05) is 11.0 Å². The summed E-state index contributed by atoms with van der Waals surface area (Å²) in [6, 6.07) is 3.33. The van der Waals surface area contributed by atoms with Crippen LogP contribution in [0.25, 0.3) is 0 Å². The van der Waals surface area contributed by atoms with Gasteiger partial charge >= 0.3 is 0 Å². The standard InChI is InChI=1S/C11H14BrN3O2/c1-7-8(12)2-3-10(14-7)15-11(16)9-6-17-5-4-13-9/h2-3,9,13H,4-6H2,1H3,(H,14,15,16). The van der Waals surface area contributed by atoms with Gasteiger partial charge in [-0.2, -0.15) is 0 Å². The summed E-state index contributed by atoms with van der Waals surface area (Å²) in [5.74, 6) is 0.446. The molecule has 1 atom stereocenters. The van der Waals surface area contributed by atoms with Crippen molar-refractivity contribution in [2.75, 3.05) is 25.1 Å². The Balaban J connectivity index is 1.99. The van der Waals surface area contributed by atoms with Crippen molar-refractivity contribution < 1.29 is 9.53 Å². The summed E-state index contributed by atoms with van der Waals surface area (Å²) in [4.78, 5) is 16.1. The lowest BCUT2D eigenvalue weighted by atomic mass is 10.2. The lowest BCUT2D eigenvalue weighted by Gasteiger charge is -2.22. The number of hydrogen-bond donors (Lipinski definition) is 2. The van der Waals surface area contributed by atoms with Crippen LogP contribution in [0, 0.1) is 6.92 Å². The van der Waals surface area contributed by atoms with Crippen LogP contribution >= 0.6 is 15.9 Å². The highest BCUT2D eigenvalue weighted by molar-refractivity contribution is 9.10. The van der Waals surface area contributed by atoms with Crippen LogP contribution in [0.4, 0.5) is 5.82 Å². The fraction of sp³-hybridized carbons (Fsp3) is 0.455. The predicted molar refractivity (Wildman–Crippen MR) is 67.9 cm³/mol. The minimum Gasteiger partial charge on any atom is -0.378 e. The molecule has 0 aliphatic carbocycles. The molecule has 0 aromatic carbocycles. The summed E-state index contributed by atoms with van der Waals surface area (Å²) >= 11 is 3.36. The molecule has 0 saturated carbocycles. The van der Waals surface area contributed by atoms with Crippen molar-refractivity contribution in [3.8, 4) is 0 Å². The number of morpholine rings is 1. The third-order valence-corrected chi connectivity index (χ3v) is 3.35. The van der Waals surface area contributed by atoms with E-state index < -0.39 is 0 Å². The van der Waals surface area contributed by atoms with Crippen molar-refractivity contribution in [3.05, 3.63) is 22.3 Å². The molecule has 0 spiro atoms. The zero-order chi connectivity index (χ0) is 12.3. The van der Waals surface area contributed by atoms with Crippen LogP contribution in [-0.2, 0) is 9.53 Å². The smallest absolute Gasteiger partial charge is 0.245 e. The topological polar surface area (TPSA) is 63.2 Å². The second-order valence-corrected chi connectivity index (χ2v) is 4.69. The number of nitrogens with one attached hydrogen (secondary N) is 2. The molecule has 1 aromatic heterocycles. The minimum atomic E-state index is -0.297. The van der Waals surface area contributed by atoms with E-state index in [4.69, 9.17) is 4.74 Å². The maximum Gasteiger partial charge on any atom is 0.245 e. The molecule has 1 amide bonds. The molecule has 5 nitrogen and oxygen atoms in total. The zero-order valence-electron chi connectivity index (χ0n) is 9.50. The summed E-state index contributed by atoms with van der Waals surface area (Å²) in [6.45, 7) is 3.63. The van der Waals surface area contributed by atoms with E-state index in [0.29, 0.717) is 25.6 Å². The molecule has 1 fully saturated rings. The molecule has 1 aliphatic rings. The molecular formula is C11H14BrN3O2. The molecule has 92 valence electrons. The summed E-state index contributed by atoms with van der Waals surface area (Å²) in [7, 11) is 0. The van der Waals surface area contributed by atoms with E-state index in [0.717, 1.165) is 10.2 Å². The van der Waals surface area contributed by atoms with Crippen LogP contribution in [0.1, 0.15) is 5.69 Å². The van der Waals surface area contributed by atoms with Crippen LogP contribution in [0.3, 0.4) is 0 Å². The number of amides is 1. The van der Waals surface area contributed by atoms with Crippen molar-refractivity contribution >= 4 is 27.7 Å². The Morgan fingerprint density at radius 2 is 2.47 bits per heavy atom. The fourth-order valence-electron chi connectivity index (χ4n) is 1.56. The molecular weight excluding hydrogens is 286 g/mol. The van der Waals surface area contributed by atoms with E-state index in [1.165, 1.54) is 0 Å². The first-order valence-corrected chi connectivity index (χ1v) is 6.21.